The molecule has 0 atom stereocenters. The Morgan fingerprint density at radius 2 is 2.00 bits per heavy atom. The van der Waals surface area contributed by atoms with Crippen LogP contribution in [0.15, 0.2) is 35.5 Å². The minimum absolute atomic E-state index is 0.227. The summed E-state index contributed by atoms with van der Waals surface area (Å²) >= 11 is 0. The van der Waals surface area contributed by atoms with Gasteiger partial charge in [0.05, 0.1) is 7.11 Å². The van der Waals surface area contributed by atoms with Gasteiger partial charge in [-0.25, -0.2) is 0 Å². The van der Waals surface area contributed by atoms with Crippen molar-refractivity contribution in [1.82, 2.24) is 0 Å². The van der Waals surface area contributed by atoms with Crippen LogP contribution >= 0.6 is 0 Å². The fourth-order valence-corrected chi connectivity index (χ4v) is 0.797. The third-order valence-corrected chi connectivity index (χ3v) is 1.30. The molecule has 0 fully saturated rings. The first-order valence-corrected chi connectivity index (χ1v) is 3.20. The zero-order chi connectivity index (χ0) is 8.10. The molecule has 1 aromatic rings. The number of hydrogen-bond acceptors (Lipinski definition) is 3. The van der Waals surface area contributed by atoms with Gasteiger partial charge in [0.15, 0.2) is 0 Å². The van der Waals surface area contributed by atoms with Crippen molar-refractivity contribution in [2.45, 2.75) is 0 Å². The van der Waals surface area contributed by atoms with Crippen molar-refractivity contribution in [2.24, 2.45) is 5.16 Å². The maximum Gasteiger partial charge on any atom is 0.257 e. The van der Waals surface area contributed by atoms with E-state index in [0.29, 0.717) is 0 Å². The molecular formula is C8H9NO2. The third-order valence-electron chi connectivity index (χ3n) is 1.30. The van der Waals surface area contributed by atoms with E-state index in [-0.39, 0.29) is 5.90 Å². The number of benzene rings is 1. The van der Waals surface area contributed by atoms with E-state index >= 15 is 0 Å². The van der Waals surface area contributed by atoms with Crippen LogP contribution in [0.4, 0.5) is 0 Å². The van der Waals surface area contributed by atoms with Gasteiger partial charge in [0, 0.05) is 5.56 Å². The van der Waals surface area contributed by atoms with Gasteiger partial charge < -0.3 is 9.94 Å². The summed E-state index contributed by atoms with van der Waals surface area (Å²) in [5, 5.41) is 11.4. The lowest BCUT2D eigenvalue weighted by molar-refractivity contribution is 0.287. The first-order chi connectivity index (χ1) is 5.38. The zero-order valence-corrected chi connectivity index (χ0v) is 6.19. The summed E-state index contributed by atoms with van der Waals surface area (Å²) in [5.74, 6) is 0.227. The summed E-state index contributed by atoms with van der Waals surface area (Å²) in [7, 11) is 1.46. The van der Waals surface area contributed by atoms with Gasteiger partial charge in [-0.05, 0) is 17.3 Å². The molecule has 1 aromatic carbocycles. The molecule has 0 aromatic heterocycles. The van der Waals surface area contributed by atoms with E-state index in [1.54, 1.807) is 12.1 Å². The van der Waals surface area contributed by atoms with Crippen molar-refractivity contribution in [1.29, 1.82) is 0 Å². The molecule has 0 unspecified atom stereocenters. The molecule has 0 aliphatic heterocycles. The predicted molar refractivity (Wildman–Crippen MR) is 41.8 cm³/mol. The molecule has 1 N–H and O–H groups in total. The molecule has 3 heteroatoms. The Morgan fingerprint density at radius 3 is 2.45 bits per heavy atom. The monoisotopic (exact) mass is 151 g/mol. The molecule has 58 valence electrons. The average Bonchev–Trinajstić information content (AvgIpc) is 2.09. The summed E-state index contributed by atoms with van der Waals surface area (Å²) in [4.78, 5) is 0. The van der Waals surface area contributed by atoms with Crippen molar-refractivity contribution in [3.63, 3.8) is 0 Å². The molecule has 0 heterocycles. The minimum Gasteiger partial charge on any atom is -0.479 e. The third kappa shape index (κ3) is 1.70. The fourth-order valence-electron chi connectivity index (χ4n) is 0.797. The summed E-state index contributed by atoms with van der Waals surface area (Å²) in [6.07, 6.45) is 0. The normalized spacial score (nSPS) is 11.2. The second kappa shape index (κ2) is 3.61. The van der Waals surface area contributed by atoms with Gasteiger partial charge in [0.2, 0.25) is 0 Å². The zero-order valence-electron chi connectivity index (χ0n) is 6.19. The first kappa shape index (κ1) is 7.60. The van der Waals surface area contributed by atoms with Gasteiger partial charge in [0.1, 0.15) is 0 Å². The molecular weight excluding hydrogens is 142 g/mol. The highest BCUT2D eigenvalue weighted by molar-refractivity contribution is 5.93. The van der Waals surface area contributed by atoms with Gasteiger partial charge in [0.25, 0.3) is 5.90 Å². The highest BCUT2D eigenvalue weighted by Gasteiger charge is 2.00. The van der Waals surface area contributed by atoms with E-state index in [1.807, 2.05) is 18.2 Å². The highest BCUT2D eigenvalue weighted by atomic mass is 16.5. The van der Waals surface area contributed by atoms with E-state index in [2.05, 4.69) is 5.16 Å². The maximum atomic E-state index is 8.44. The lowest BCUT2D eigenvalue weighted by atomic mass is 10.2. The predicted octanol–water partition coefficient (Wildman–Crippen LogP) is 1.47. The summed E-state index contributed by atoms with van der Waals surface area (Å²) < 4.78 is 4.79. The van der Waals surface area contributed by atoms with Crippen LogP contribution in [0.5, 0.6) is 0 Å². The molecule has 0 saturated carbocycles. The summed E-state index contributed by atoms with van der Waals surface area (Å²) in [6, 6.07) is 9.18. The molecule has 0 aliphatic rings. The van der Waals surface area contributed by atoms with Crippen molar-refractivity contribution >= 4 is 5.90 Å². The number of methoxy groups -OCH3 is 1. The fraction of sp³-hybridized carbons (Fsp3) is 0.125. The summed E-state index contributed by atoms with van der Waals surface area (Å²) in [6.45, 7) is 0. The molecule has 0 radical (unpaired) electrons. The number of nitrogens with zero attached hydrogens (tertiary/aromatic N) is 1. The molecule has 0 spiro atoms. The highest BCUT2D eigenvalue weighted by Crippen LogP contribution is 2.00. The Kier molecular flexibility index (Phi) is 2.49. The van der Waals surface area contributed by atoms with Crippen LogP contribution in [0.1, 0.15) is 5.56 Å². The Labute approximate surface area is 64.9 Å². The number of oxime groups is 1. The van der Waals surface area contributed by atoms with Crippen LogP contribution < -0.4 is 0 Å². The van der Waals surface area contributed by atoms with Gasteiger partial charge in [-0.2, -0.15) is 0 Å². The van der Waals surface area contributed by atoms with Crippen LogP contribution in [-0.2, 0) is 4.74 Å². The van der Waals surface area contributed by atoms with E-state index in [0.717, 1.165) is 5.56 Å². The van der Waals surface area contributed by atoms with Gasteiger partial charge in [-0.1, -0.05) is 18.2 Å². The van der Waals surface area contributed by atoms with Crippen LogP contribution in [-0.4, -0.2) is 18.2 Å². The molecule has 3 nitrogen and oxygen atoms in total. The lowest BCUT2D eigenvalue weighted by Crippen LogP contribution is -2.02. The molecule has 1 rings (SSSR count). The molecule has 0 aliphatic carbocycles. The van der Waals surface area contributed by atoms with E-state index in [9.17, 15) is 0 Å². The van der Waals surface area contributed by atoms with E-state index in [1.165, 1.54) is 7.11 Å². The van der Waals surface area contributed by atoms with Gasteiger partial charge >= 0.3 is 0 Å². The molecule has 0 saturated heterocycles. The second-order valence-corrected chi connectivity index (χ2v) is 1.98. The topological polar surface area (TPSA) is 41.8 Å². The van der Waals surface area contributed by atoms with Crippen LogP contribution in [0, 0.1) is 0 Å². The van der Waals surface area contributed by atoms with Gasteiger partial charge in [-0.3, -0.25) is 0 Å². The van der Waals surface area contributed by atoms with E-state index in [4.69, 9.17) is 9.94 Å². The second-order valence-electron chi connectivity index (χ2n) is 1.98. The average molecular weight is 151 g/mol. The lowest BCUT2D eigenvalue weighted by Gasteiger charge is -2.00. The Balaban J connectivity index is 2.92. The smallest absolute Gasteiger partial charge is 0.257 e. The van der Waals surface area contributed by atoms with Gasteiger partial charge in [-0.15, -0.1) is 0 Å². The Morgan fingerprint density at radius 1 is 1.36 bits per heavy atom. The Hall–Kier alpha value is -1.51. The maximum absolute atomic E-state index is 8.44. The largest absolute Gasteiger partial charge is 0.479 e. The standard InChI is InChI=1S/C8H9NO2/c1-11-8(9-10)7-5-3-2-4-6-7/h2-6,10H,1H3. The molecule has 0 amide bonds. The number of ether oxygens (including phenoxy) is 1. The van der Waals surface area contributed by atoms with E-state index < -0.39 is 0 Å². The quantitative estimate of drug-likeness (QED) is 0.286. The molecule has 11 heavy (non-hydrogen) atoms. The SMILES string of the molecule is COC(=NO)c1ccccc1. The summed E-state index contributed by atoms with van der Waals surface area (Å²) in [5.41, 5.74) is 0.762. The Bertz CT molecular complexity index is 244. The van der Waals surface area contributed by atoms with Crippen molar-refractivity contribution in [2.75, 3.05) is 7.11 Å². The first-order valence-electron chi connectivity index (χ1n) is 3.20. The number of hydrogen-bond donors (Lipinski definition) is 1. The van der Waals surface area contributed by atoms with Crippen LogP contribution in [0.25, 0.3) is 0 Å². The minimum atomic E-state index is 0.227. The van der Waals surface area contributed by atoms with Crippen molar-refractivity contribution in [3.8, 4) is 0 Å². The van der Waals surface area contributed by atoms with Crippen LogP contribution in [0.2, 0.25) is 0 Å². The number of rotatable bonds is 1. The van der Waals surface area contributed by atoms with Crippen molar-refractivity contribution < 1.29 is 9.94 Å². The van der Waals surface area contributed by atoms with Crippen molar-refractivity contribution in [3.05, 3.63) is 35.9 Å². The molecule has 0 bridgehead atoms. The van der Waals surface area contributed by atoms with Crippen LogP contribution in [0.3, 0.4) is 0 Å².